The van der Waals surface area contributed by atoms with Crippen molar-refractivity contribution in [3.05, 3.63) is 34.4 Å². The van der Waals surface area contributed by atoms with E-state index in [1.165, 1.54) is 0 Å². The summed E-state index contributed by atoms with van der Waals surface area (Å²) in [6.07, 6.45) is 4.45. The molecule has 0 atom stereocenters. The molecule has 0 nitrogen and oxygen atoms in total. The summed E-state index contributed by atoms with van der Waals surface area (Å²) < 4.78 is 0. The predicted molar refractivity (Wildman–Crippen MR) is 41.6 cm³/mol. The third-order valence-corrected chi connectivity index (χ3v) is 1.87. The van der Waals surface area contributed by atoms with Gasteiger partial charge in [-0.3, -0.25) is 0 Å². The Morgan fingerprint density at radius 1 is 1.33 bits per heavy atom. The first-order chi connectivity index (χ1) is 4.20. The van der Waals surface area contributed by atoms with E-state index in [-0.39, 0.29) is 0 Å². The van der Waals surface area contributed by atoms with Crippen LogP contribution in [0, 0.1) is 0 Å². The van der Waals surface area contributed by atoms with Gasteiger partial charge in [0.2, 0.25) is 0 Å². The fourth-order valence-corrected chi connectivity index (χ4v) is 0.988. The summed E-state index contributed by atoms with van der Waals surface area (Å²) in [5.41, 5.74) is 1.00. The Bertz CT molecular complexity index is 199. The van der Waals surface area contributed by atoms with Gasteiger partial charge in [-0.1, -0.05) is 35.9 Å². The molecule has 1 aliphatic rings. The molecule has 0 unspecified atom stereocenters. The van der Waals surface area contributed by atoms with E-state index in [4.69, 9.17) is 23.2 Å². The topological polar surface area (TPSA) is 0 Å². The maximum atomic E-state index is 5.66. The van der Waals surface area contributed by atoms with Gasteiger partial charge < -0.3 is 0 Å². The minimum Gasteiger partial charge on any atom is -0.0955 e. The van der Waals surface area contributed by atoms with Crippen LogP contribution in [0.25, 0.3) is 0 Å². The van der Waals surface area contributed by atoms with Crippen molar-refractivity contribution in [1.29, 1.82) is 0 Å². The Morgan fingerprint density at radius 3 is 2.44 bits per heavy atom. The second-order valence-electron chi connectivity index (χ2n) is 1.91. The Balaban J connectivity index is 2.87. The lowest BCUT2D eigenvalue weighted by Gasteiger charge is -2.04. The first-order valence-corrected chi connectivity index (χ1v) is 3.37. The van der Waals surface area contributed by atoms with Crippen LogP contribution in [0.4, 0.5) is 0 Å². The fourth-order valence-electron chi connectivity index (χ4n) is 0.625. The van der Waals surface area contributed by atoms with Crippen molar-refractivity contribution in [2.75, 3.05) is 0 Å². The van der Waals surface area contributed by atoms with E-state index in [0.29, 0.717) is 10.1 Å². The average molecular weight is 161 g/mol. The maximum absolute atomic E-state index is 5.66. The molecule has 0 aliphatic heterocycles. The molecular weight excluding hydrogens is 155 g/mol. The van der Waals surface area contributed by atoms with Crippen LogP contribution in [0.3, 0.4) is 0 Å². The van der Waals surface area contributed by atoms with Crippen molar-refractivity contribution < 1.29 is 0 Å². The molecule has 0 aromatic carbocycles. The predicted octanol–water partition coefficient (Wildman–Crippen LogP) is 3.19. The summed E-state index contributed by atoms with van der Waals surface area (Å²) in [6, 6.07) is 0. The van der Waals surface area contributed by atoms with Crippen molar-refractivity contribution in [3.8, 4) is 0 Å². The standard InChI is InChI=1S/C7H6Cl2/c1-5-2-3-6(8)7(9)4-5/h3-4H,1-2H2. The molecule has 0 amide bonds. The van der Waals surface area contributed by atoms with Crippen molar-refractivity contribution in [3.63, 3.8) is 0 Å². The van der Waals surface area contributed by atoms with E-state index < -0.39 is 0 Å². The van der Waals surface area contributed by atoms with Crippen LogP contribution < -0.4 is 0 Å². The molecule has 0 N–H and O–H groups in total. The van der Waals surface area contributed by atoms with Gasteiger partial charge in [0.15, 0.2) is 0 Å². The first-order valence-electron chi connectivity index (χ1n) is 2.61. The molecule has 1 aliphatic carbocycles. The summed E-state index contributed by atoms with van der Waals surface area (Å²) in [5, 5.41) is 1.22. The van der Waals surface area contributed by atoms with E-state index >= 15 is 0 Å². The van der Waals surface area contributed by atoms with Crippen LogP contribution in [0.2, 0.25) is 0 Å². The minimum atomic E-state index is 0.591. The second kappa shape index (κ2) is 2.59. The smallest absolute Gasteiger partial charge is 0.0591 e. The number of hydrogen-bond donors (Lipinski definition) is 0. The number of allylic oxidation sites excluding steroid dienone is 5. The monoisotopic (exact) mass is 160 g/mol. The average Bonchev–Trinajstić information content (AvgIpc) is 1.80. The molecule has 0 bridgehead atoms. The van der Waals surface area contributed by atoms with E-state index in [9.17, 15) is 0 Å². The molecule has 0 aromatic rings. The lowest BCUT2D eigenvalue weighted by Crippen LogP contribution is -1.84. The van der Waals surface area contributed by atoms with E-state index in [0.717, 1.165) is 12.0 Å². The van der Waals surface area contributed by atoms with Gasteiger partial charge in [0.1, 0.15) is 0 Å². The Kier molecular flexibility index (Phi) is 1.99. The van der Waals surface area contributed by atoms with Crippen molar-refractivity contribution in [2.45, 2.75) is 6.42 Å². The molecule has 0 spiro atoms. The van der Waals surface area contributed by atoms with Crippen molar-refractivity contribution >= 4 is 23.2 Å². The van der Waals surface area contributed by atoms with Gasteiger partial charge in [-0.05, 0) is 18.1 Å². The van der Waals surface area contributed by atoms with Crippen LogP contribution >= 0.6 is 23.2 Å². The quantitative estimate of drug-likeness (QED) is 0.511. The molecule has 9 heavy (non-hydrogen) atoms. The van der Waals surface area contributed by atoms with Crippen LogP contribution in [0.15, 0.2) is 34.4 Å². The summed E-state index contributed by atoms with van der Waals surface area (Å²) in [7, 11) is 0. The van der Waals surface area contributed by atoms with E-state index in [1.54, 1.807) is 6.08 Å². The molecule has 1 rings (SSSR count). The van der Waals surface area contributed by atoms with Crippen LogP contribution in [0.5, 0.6) is 0 Å². The van der Waals surface area contributed by atoms with E-state index in [1.807, 2.05) is 6.08 Å². The molecule has 0 heterocycles. The normalized spacial score (nSPS) is 19.1. The SMILES string of the molecule is C=C1C=C(Cl)C(Cl)=CC1. The molecule has 0 fully saturated rings. The van der Waals surface area contributed by atoms with Gasteiger partial charge in [-0.25, -0.2) is 0 Å². The first kappa shape index (κ1) is 6.91. The van der Waals surface area contributed by atoms with Gasteiger partial charge in [-0.2, -0.15) is 0 Å². The molecule has 0 saturated heterocycles. The highest BCUT2D eigenvalue weighted by atomic mass is 35.5. The third kappa shape index (κ3) is 1.60. The molecule has 2 heteroatoms. The summed E-state index contributed by atoms with van der Waals surface area (Å²) in [6.45, 7) is 3.73. The minimum absolute atomic E-state index is 0.591. The van der Waals surface area contributed by atoms with Gasteiger partial charge in [0.25, 0.3) is 0 Å². The molecule has 0 saturated carbocycles. The van der Waals surface area contributed by atoms with E-state index in [2.05, 4.69) is 6.58 Å². The Morgan fingerprint density at radius 2 is 2.00 bits per heavy atom. The fraction of sp³-hybridized carbons (Fsp3) is 0.143. The third-order valence-electron chi connectivity index (χ3n) is 1.10. The maximum Gasteiger partial charge on any atom is 0.0591 e. The summed E-state index contributed by atoms with van der Waals surface area (Å²) >= 11 is 11.3. The van der Waals surface area contributed by atoms with Crippen LogP contribution in [-0.4, -0.2) is 0 Å². The highest BCUT2D eigenvalue weighted by molar-refractivity contribution is 6.44. The van der Waals surface area contributed by atoms with Crippen LogP contribution in [0.1, 0.15) is 6.42 Å². The zero-order valence-corrected chi connectivity index (χ0v) is 6.34. The largest absolute Gasteiger partial charge is 0.0955 e. The Labute approximate surface area is 64.5 Å². The Hall–Kier alpha value is -0.200. The summed E-state index contributed by atoms with van der Waals surface area (Å²) in [4.78, 5) is 0. The lowest BCUT2D eigenvalue weighted by molar-refractivity contribution is 1.26. The zero-order valence-electron chi connectivity index (χ0n) is 4.82. The lowest BCUT2D eigenvalue weighted by atomic mass is 10.1. The highest BCUT2D eigenvalue weighted by Gasteiger charge is 2.03. The number of halogens is 2. The molecule has 0 aromatic heterocycles. The number of rotatable bonds is 0. The zero-order chi connectivity index (χ0) is 6.85. The number of hydrogen-bond acceptors (Lipinski definition) is 0. The van der Waals surface area contributed by atoms with Gasteiger partial charge in [0.05, 0.1) is 10.1 Å². The van der Waals surface area contributed by atoms with Crippen molar-refractivity contribution in [2.24, 2.45) is 0 Å². The molecule has 48 valence electrons. The highest BCUT2D eigenvalue weighted by Crippen LogP contribution is 2.26. The molecule has 0 radical (unpaired) electrons. The van der Waals surface area contributed by atoms with Crippen molar-refractivity contribution in [1.82, 2.24) is 0 Å². The van der Waals surface area contributed by atoms with Crippen LogP contribution in [-0.2, 0) is 0 Å². The van der Waals surface area contributed by atoms with Gasteiger partial charge >= 0.3 is 0 Å². The van der Waals surface area contributed by atoms with Gasteiger partial charge in [0, 0.05) is 0 Å². The second-order valence-corrected chi connectivity index (χ2v) is 2.72. The summed E-state index contributed by atoms with van der Waals surface area (Å²) in [5.74, 6) is 0. The van der Waals surface area contributed by atoms with Gasteiger partial charge in [-0.15, -0.1) is 0 Å². The molecular formula is C7H6Cl2.